The first kappa shape index (κ1) is 26.4. The quantitative estimate of drug-likeness (QED) is 0.380. The summed E-state index contributed by atoms with van der Waals surface area (Å²) in [5, 5.41) is 10.2. The van der Waals surface area contributed by atoms with Crippen LogP contribution in [0.4, 0.5) is 4.79 Å². The maximum atomic E-state index is 12.6. The Hall–Kier alpha value is 0.374. The molecule has 0 bridgehead atoms. The van der Waals surface area contributed by atoms with Gasteiger partial charge in [-0.05, 0) is 26.3 Å². The summed E-state index contributed by atoms with van der Waals surface area (Å²) in [6.07, 6.45) is 2.04. The topological polar surface area (TPSA) is 120 Å². The minimum atomic E-state index is -3.50. The van der Waals surface area contributed by atoms with E-state index in [-0.39, 0.29) is 51.5 Å². The second-order valence-electron chi connectivity index (χ2n) is 7.27. The van der Waals surface area contributed by atoms with Crippen LogP contribution in [0, 0.1) is 6.42 Å². The third kappa shape index (κ3) is 6.97. The van der Waals surface area contributed by atoms with Crippen molar-refractivity contribution < 1.29 is 65.9 Å². The fourth-order valence-electron chi connectivity index (χ4n) is 3.01. The predicted octanol–water partition coefficient (Wildman–Crippen LogP) is 0.825. The minimum Gasteiger partial charge on any atom is -0.422 e. The van der Waals surface area contributed by atoms with E-state index in [4.69, 9.17) is 9.26 Å². The van der Waals surface area contributed by atoms with E-state index in [2.05, 4.69) is 0 Å². The third-order valence-electron chi connectivity index (χ3n) is 4.23. The zero-order valence-corrected chi connectivity index (χ0v) is 21.3. The van der Waals surface area contributed by atoms with Gasteiger partial charge in [-0.25, -0.2) is 11.2 Å². The summed E-state index contributed by atoms with van der Waals surface area (Å²) < 4.78 is 34.7. The van der Waals surface area contributed by atoms with Crippen molar-refractivity contribution in [3.8, 4) is 0 Å². The largest absolute Gasteiger partial charge is 0.422 e. The molecule has 2 aliphatic heterocycles. The van der Waals surface area contributed by atoms with Gasteiger partial charge in [0, 0.05) is 65.5 Å². The smallest absolute Gasteiger partial charge is 0.325 e. The van der Waals surface area contributed by atoms with Crippen LogP contribution in [0.1, 0.15) is 0 Å². The van der Waals surface area contributed by atoms with Gasteiger partial charge < -0.3 is 29.1 Å². The van der Waals surface area contributed by atoms with Gasteiger partial charge in [0.25, 0.3) is 0 Å². The summed E-state index contributed by atoms with van der Waals surface area (Å²) in [5.74, 6) is -0.444. The summed E-state index contributed by atoms with van der Waals surface area (Å²) in [7, 11) is -1.43. The third-order valence-corrected chi connectivity index (χ3v) is 9.08. The van der Waals surface area contributed by atoms with Crippen molar-refractivity contribution in [2.24, 2.45) is 0 Å². The molecule has 0 aliphatic carbocycles. The van der Waals surface area contributed by atoms with Crippen LogP contribution in [0.3, 0.4) is 0 Å². The molecule has 159 valence electrons. The SMILES string of the molecule is CN(C)C1C=CN([C@H]2[CH-]C(O)[C@@H](COP(C)(=O)CP(C)(=O)O)O2)C(=O)N1C.[Y]. The van der Waals surface area contributed by atoms with Crippen molar-refractivity contribution in [2.45, 2.75) is 24.6 Å². The van der Waals surface area contributed by atoms with Gasteiger partial charge in [0.15, 0.2) is 0 Å². The number of carbonyl (C=O) groups excluding carboxylic acids is 1. The van der Waals surface area contributed by atoms with Gasteiger partial charge in [0.1, 0.15) is 12.1 Å². The summed E-state index contributed by atoms with van der Waals surface area (Å²) >= 11 is 0. The van der Waals surface area contributed by atoms with Gasteiger partial charge in [-0.1, -0.05) is 0 Å². The number of likely N-dealkylation sites (N-methyl/N-ethyl adjacent to an activating group) is 2. The van der Waals surface area contributed by atoms with Crippen LogP contribution in [-0.2, 0) is 51.1 Å². The fourth-order valence-corrected chi connectivity index (χ4v) is 7.61. The normalized spacial score (nSPS) is 32.2. The maximum absolute atomic E-state index is 12.6. The Morgan fingerprint density at radius 3 is 2.50 bits per heavy atom. The zero-order chi connectivity index (χ0) is 20.6. The molecule has 10 nitrogen and oxygen atoms in total. The van der Waals surface area contributed by atoms with Crippen molar-refractivity contribution in [3.63, 3.8) is 0 Å². The molecule has 0 aromatic carbocycles. The monoisotopic (exact) mass is 513 g/mol. The average Bonchev–Trinajstić information content (AvgIpc) is 2.86. The molecule has 1 fully saturated rings. The Morgan fingerprint density at radius 1 is 1.36 bits per heavy atom. The minimum absolute atomic E-state index is 0. The van der Waals surface area contributed by atoms with Crippen LogP contribution in [0.5, 0.6) is 0 Å². The van der Waals surface area contributed by atoms with Crippen molar-refractivity contribution in [1.82, 2.24) is 14.7 Å². The number of aliphatic hydroxyl groups excluding tert-OH is 1. The number of hydrogen-bond acceptors (Lipinski definition) is 7. The summed E-state index contributed by atoms with van der Waals surface area (Å²) in [4.78, 5) is 26.7. The number of aliphatic hydroxyl groups is 1. The van der Waals surface area contributed by atoms with Crippen LogP contribution < -0.4 is 0 Å². The van der Waals surface area contributed by atoms with Gasteiger partial charge in [0.2, 0.25) is 14.7 Å². The van der Waals surface area contributed by atoms with Crippen molar-refractivity contribution >= 4 is 20.8 Å². The Bertz CT molecular complexity index is 687. The number of ether oxygens (including phenoxy) is 1. The number of urea groups is 1. The van der Waals surface area contributed by atoms with Crippen molar-refractivity contribution in [1.29, 1.82) is 0 Å². The first-order valence-corrected chi connectivity index (χ1v) is 12.9. The molecule has 0 aromatic heterocycles. The Kier molecular flexibility index (Phi) is 9.55. The summed E-state index contributed by atoms with van der Waals surface area (Å²) in [5.41, 5.74) is 0. The molecule has 0 aromatic rings. The van der Waals surface area contributed by atoms with E-state index < -0.39 is 39.1 Å². The second kappa shape index (κ2) is 10.1. The van der Waals surface area contributed by atoms with E-state index in [1.165, 1.54) is 22.9 Å². The molecule has 1 saturated heterocycles. The molecule has 2 rings (SSSR count). The van der Waals surface area contributed by atoms with Gasteiger partial charge >= 0.3 is 6.03 Å². The molecule has 0 spiro atoms. The molecular formula is C15H28N3O7P2Y-. The Labute approximate surface area is 191 Å². The van der Waals surface area contributed by atoms with E-state index in [1.54, 1.807) is 13.2 Å². The van der Waals surface area contributed by atoms with Gasteiger partial charge in [-0.3, -0.25) is 14.0 Å². The van der Waals surface area contributed by atoms with Gasteiger partial charge in [0.05, 0.1) is 12.7 Å². The molecule has 2 aliphatic rings. The number of amides is 2. The van der Waals surface area contributed by atoms with E-state index in [9.17, 15) is 23.9 Å². The number of rotatable bonds is 7. The van der Waals surface area contributed by atoms with Crippen molar-refractivity contribution in [3.05, 3.63) is 18.7 Å². The number of hydrogen-bond donors (Lipinski definition) is 2. The molecule has 4 unspecified atom stereocenters. The summed E-state index contributed by atoms with van der Waals surface area (Å²) in [6.45, 7) is 2.17. The molecule has 2 amide bonds. The first-order valence-electron chi connectivity index (χ1n) is 8.39. The Balaban J connectivity index is 0.00000392. The molecular weight excluding hydrogens is 485 g/mol. The number of nitrogens with zero attached hydrogens (tertiary/aromatic N) is 3. The average molecular weight is 513 g/mol. The zero-order valence-electron chi connectivity index (χ0n) is 16.7. The van der Waals surface area contributed by atoms with E-state index >= 15 is 0 Å². The molecule has 6 atom stereocenters. The molecule has 0 saturated carbocycles. The summed E-state index contributed by atoms with van der Waals surface area (Å²) in [6, 6.07) is -0.292. The molecule has 28 heavy (non-hydrogen) atoms. The van der Waals surface area contributed by atoms with Gasteiger partial charge in [-0.15, -0.1) is 0 Å². The second-order valence-corrected chi connectivity index (χ2v) is 12.8. The molecule has 1 radical (unpaired) electrons. The van der Waals surface area contributed by atoms with Crippen LogP contribution in [0.2, 0.25) is 0 Å². The van der Waals surface area contributed by atoms with Crippen LogP contribution >= 0.6 is 14.7 Å². The predicted molar refractivity (Wildman–Crippen MR) is 101 cm³/mol. The van der Waals surface area contributed by atoms with E-state index in [1.807, 2.05) is 25.1 Å². The maximum Gasteiger partial charge on any atom is 0.325 e. The molecule has 13 heteroatoms. The molecule has 2 N–H and O–H groups in total. The van der Waals surface area contributed by atoms with Gasteiger partial charge in [-0.2, -0.15) is 0 Å². The van der Waals surface area contributed by atoms with Crippen LogP contribution in [0.25, 0.3) is 0 Å². The first-order chi connectivity index (χ1) is 12.3. The van der Waals surface area contributed by atoms with E-state index in [0.717, 1.165) is 6.66 Å². The van der Waals surface area contributed by atoms with Crippen molar-refractivity contribution in [2.75, 3.05) is 47.0 Å². The standard InChI is InChI=1S/C15H28N3O7P2.Y/c1-16(2)13-6-7-18(15(20)17(13)3)14-8-11(19)12(25-14)9-24-27(5,23)10-26(4,21)22;/h6-8,11-14,19H,9-10H2,1-5H3,(H,21,22);/q-1;/t11?,12-,13?,14-,27?;/m1./s1. The van der Waals surface area contributed by atoms with Crippen LogP contribution in [-0.4, -0.2) is 102 Å². The fraction of sp³-hybridized carbons (Fsp3) is 0.733. The Morgan fingerprint density at radius 2 is 1.96 bits per heavy atom. The van der Waals surface area contributed by atoms with E-state index in [0.29, 0.717) is 0 Å². The number of carbonyl (C=O) groups is 1. The molecule has 2 heterocycles. The van der Waals surface area contributed by atoms with Crippen LogP contribution in [0.15, 0.2) is 12.3 Å².